The van der Waals surface area contributed by atoms with Crippen LogP contribution in [0.1, 0.15) is 23.6 Å². The molecule has 0 aliphatic carbocycles. The Morgan fingerprint density at radius 2 is 1.97 bits per heavy atom. The number of hydrogen-bond acceptors (Lipinski definition) is 5. The van der Waals surface area contributed by atoms with Crippen molar-refractivity contribution < 1.29 is 18.7 Å². The third-order valence-electron chi connectivity index (χ3n) is 6.25. The number of hydrogen-bond donors (Lipinski definition) is 1. The Morgan fingerprint density at radius 3 is 2.63 bits per heavy atom. The maximum atomic E-state index is 13.2. The molecular formula is C21H26FN5O3. The normalized spacial score (nSPS) is 23.5. The lowest BCUT2D eigenvalue weighted by Gasteiger charge is -2.41. The predicted octanol–water partition coefficient (Wildman–Crippen LogP) is 1.07. The van der Waals surface area contributed by atoms with E-state index in [2.05, 4.69) is 15.2 Å². The first-order valence-electron chi connectivity index (χ1n) is 10.1. The molecule has 8 nitrogen and oxygen atoms in total. The van der Waals surface area contributed by atoms with Crippen molar-refractivity contribution in [3.05, 3.63) is 47.3 Å². The smallest absolute Gasteiger partial charge is 0.248 e. The zero-order valence-electron chi connectivity index (χ0n) is 17.2. The van der Waals surface area contributed by atoms with Gasteiger partial charge in [0.05, 0.1) is 11.8 Å². The molecule has 3 heterocycles. The van der Waals surface area contributed by atoms with Crippen LogP contribution in [-0.2, 0) is 26.2 Å². The average molecular weight is 415 g/mol. The summed E-state index contributed by atoms with van der Waals surface area (Å²) in [5.41, 5.74) is 0.392. The Kier molecular flexibility index (Phi) is 5.55. The standard InChI is InChI=1S/C21H26FN5O3/c1-14-23-20(25-24-14)21-7-8-26(19(29)12-30-2)10-16(21)11-27(13-21)18(28)9-15-3-5-17(22)6-4-15/h3-6,16H,7-13H2,1-2H3,(H,23,24,25)/t16-,21-/m1/s1. The average Bonchev–Trinajstić information content (AvgIpc) is 3.34. The van der Waals surface area contributed by atoms with Crippen molar-refractivity contribution in [1.82, 2.24) is 25.0 Å². The molecule has 2 amide bonds. The highest BCUT2D eigenvalue weighted by atomic mass is 19.1. The summed E-state index contributed by atoms with van der Waals surface area (Å²) in [5, 5.41) is 7.34. The van der Waals surface area contributed by atoms with E-state index in [-0.39, 0.29) is 42.0 Å². The van der Waals surface area contributed by atoms with E-state index in [4.69, 9.17) is 4.74 Å². The summed E-state index contributed by atoms with van der Waals surface area (Å²) < 4.78 is 18.2. The molecule has 4 rings (SSSR count). The number of likely N-dealkylation sites (tertiary alicyclic amines) is 2. The van der Waals surface area contributed by atoms with Crippen LogP contribution >= 0.6 is 0 Å². The summed E-state index contributed by atoms with van der Waals surface area (Å²) >= 11 is 0. The Hall–Kier alpha value is -2.81. The van der Waals surface area contributed by atoms with E-state index in [1.807, 2.05) is 11.8 Å². The van der Waals surface area contributed by atoms with Crippen LogP contribution in [0, 0.1) is 18.7 Å². The highest BCUT2D eigenvalue weighted by molar-refractivity contribution is 5.80. The van der Waals surface area contributed by atoms with Gasteiger partial charge in [0.25, 0.3) is 0 Å². The molecule has 30 heavy (non-hydrogen) atoms. The number of amides is 2. The van der Waals surface area contributed by atoms with Gasteiger partial charge in [0.1, 0.15) is 18.2 Å². The third-order valence-corrected chi connectivity index (χ3v) is 6.25. The van der Waals surface area contributed by atoms with E-state index >= 15 is 0 Å². The van der Waals surface area contributed by atoms with Crippen LogP contribution in [0.15, 0.2) is 24.3 Å². The third kappa shape index (κ3) is 3.81. The summed E-state index contributed by atoms with van der Waals surface area (Å²) in [6.07, 6.45) is 0.896. The Balaban J connectivity index is 1.55. The Labute approximate surface area is 174 Å². The van der Waals surface area contributed by atoms with Gasteiger partial charge < -0.3 is 14.5 Å². The maximum Gasteiger partial charge on any atom is 0.248 e. The molecule has 2 saturated heterocycles. The van der Waals surface area contributed by atoms with E-state index in [0.717, 1.165) is 11.4 Å². The fourth-order valence-corrected chi connectivity index (χ4v) is 4.63. The molecule has 2 aromatic rings. The summed E-state index contributed by atoms with van der Waals surface area (Å²) in [6.45, 7) is 4.06. The van der Waals surface area contributed by atoms with Crippen molar-refractivity contribution in [2.45, 2.75) is 25.2 Å². The van der Waals surface area contributed by atoms with Crippen LogP contribution in [0.25, 0.3) is 0 Å². The van der Waals surface area contributed by atoms with Crippen molar-refractivity contribution in [2.75, 3.05) is 39.9 Å². The van der Waals surface area contributed by atoms with Crippen molar-refractivity contribution in [2.24, 2.45) is 5.92 Å². The van der Waals surface area contributed by atoms with E-state index in [1.165, 1.54) is 19.2 Å². The fourth-order valence-electron chi connectivity index (χ4n) is 4.63. The first-order valence-corrected chi connectivity index (χ1v) is 10.1. The monoisotopic (exact) mass is 415 g/mol. The highest BCUT2D eigenvalue weighted by Crippen LogP contribution is 2.44. The number of piperidine rings is 1. The van der Waals surface area contributed by atoms with Crippen molar-refractivity contribution >= 4 is 11.8 Å². The predicted molar refractivity (Wildman–Crippen MR) is 106 cm³/mol. The second-order valence-electron chi connectivity index (χ2n) is 8.20. The summed E-state index contributed by atoms with van der Waals surface area (Å²) in [6, 6.07) is 6.00. The molecule has 2 fully saturated rings. The molecule has 0 bridgehead atoms. The lowest BCUT2D eigenvalue weighted by Crippen LogP contribution is -2.52. The van der Waals surface area contributed by atoms with Crippen LogP contribution in [0.4, 0.5) is 4.39 Å². The lowest BCUT2D eigenvalue weighted by atomic mass is 9.72. The van der Waals surface area contributed by atoms with E-state index in [0.29, 0.717) is 38.4 Å². The number of fused-ring (bicyclic) bond motifs is 1. The molecule has 0 unspecified atom stereocenters. The lowest BCUT2D eigenvalue weighted by molar-refractivity contribution is -0.137. The number of carbonyl (C=O) groups excluding carboxylic acids is 2. The van der Waals surface area contributed by atoms with Gasteiger partial charge in [-0.15, -0.1) is 0 Å². The molecule has 1 aromatic carbocycles. The molecular weight excluding hydrogens is 389 g/mol. The minimum atomic E-state index is -0.382. The van der Waals surface area contributed by atoms with Gasteiger partial charge in [0, 0.05) is 39.2 Å². The minimum Gasteiger partial charge on any atom is -0.375 e. The molecule has 9 heteroatoms. The molecule has 1 aromatic heterocycles. The number of aryl methyl sites for hydroxylation is 1. The fraction of sp³-hybridized carbons (Fsp3) is 0.524. The molecule has 2 aliphatic heterocycles. The van der Waals surface area contributed by atoms with Crippen molar-refractivity contribution in [3.8, 4) is 0 Å². The number of H-pyrrole nitrogens is 1. The summed E-state index contributed by atoms with van der Waals surface area (Å²) in [7, 11) is 1.51. The number of halogens is 1. The first kappa shape index (κ1) is 20.5. The highest BCUT2D eigenvalue weighted by Gasteiger charge is 2.54. The van der Waals surface area contributed by atoms with Gasteiger partial charge in [0.15, 0.2) is 5.82 Å². The van der Waals surface area contributed by atoms with Gasteiger partial charge in [-0.05, 0) is 31.0 Å². The van der Waals surface area contributed by atoms with E-state index in [1.54, 1.807) is 17.0 Å². The van der Waals surface area contributed by atoms with Gasteiger partial charge in [-0.2, -0.15) is 5.10 Å². The minimum absolute atomic E-state index is 0.0163. The molecule has 1 N–H and O–H groups in total. The molecule has 0 saturated carbocycles. The molecule has 0 radical (unpaired) electrons. The van der Waals surface area contributed by atoms with Gasteiger partial charge in [0.2, 0.25) is 11.8 Å². The van der Waals surface area contributed by atoms with Crippen LogP contribution in [0.2, 0.25) is 0 Å². The number of carbonyl (C=O) groups is 2. The van der Waals surface area contributed by atoms with Gasteiger partial charge in [-0.3, -0.25) is 14.7 Å². The van der Waals surface area contributed by atoms with Crippen LogP contribution < -0.4 is 0 Å². The van der Waals surface area contributed by atoms with Gasteiger partial charge >= 0.3 is 0 Å². The Bertz CT molecular complexity index is 931. The second kappa shape index (κ2) is 8.14. The SMILES string of the molecule is COCC(=O)N1CC[C@@]2(c3n[nH]c(C)n3)CN(C(=O)Cc3ccc(F)cc3)C[C@H]2C1. The summed E-state index contributed by atoms with van der Waals surface area (Å²) in [4.78, 5) is 33.6. The molecule has 0 spiro atoms. The number of rotatable bonds is 5. The largest absolute Gasteiger partial charge is 0.375 e. The topological polar surface area (TPSA) is 91.4 Å². The number of methoxy groups -OCH3 is 1. The molecule has 2 aliphatic rings. The molecule has 160 valence electrons. The van der Waals surface area contributed by atoms with E-state index in [9.17, 15) is 14.0 Å². The number of benzene rings is 1. The zero-order valence-corrected chi connectivity index (χ0v) is 17.2. The van der Waals surface area contributed by atoms with Crippen molar-refractivity contribution in [3.63, 3.8) is 0 Å². The van der Waals surface area contributed by atoms with E-state index < -0.39 is 0 Å². The number of aromatic amines is 1. The summed E-state index contributed by atoms with van der Waals surface area (Å²) in [5.74, 6) is 1.09. The number of ether oxygens (including phenoxy) is 1. The van der Waals surface area contributed by atoms with Gasteiger partial charge in [-0.1, -0.05) is 12.1 Å². The number of aromatic nitrogens is 3. The van der Waals surface area contributed by atoms with Crippen LogP contribution in [-0.4, -0.2) is 76.7 Å². The first-order chi connectivity index (χ1) is 14.4. The van der Waals surface area contributed by atoms with Crippen LogP contribution in [0.5, 0.6) is 0 Å². The van der Waals surface area contributed by atoms with Crippen molar-refractivity contribution in [1.29, 1.82) is 0 Å². The Morgan fingerprint density at radius 1 is 1.23 bits per heavy atom. The van der Waals surface area contributed by atoms with Gasteiger partial charge in [-0.25, -0.2) is 9.37 Å². The van der Waals surface area contributed by atoms with Crippen LogP contribution in [0.3, 0.4) is 0 Å². The quantitative estimate of drug-likeness (QED) is 0.789. The number of nitrogens with zero attached hydrogens (tertiary/aromatic N) is 4. The second-order valence-corrected chi connectivity index (χ2v) is 8.20. The number of nitrogens with one attached hydrogen (secondary N) is 1. The molecule has 2 atom stereocenters. The maximum absolute atomic E-state index is 13.2. The zero-order chi connectivity index (χ0) is 21.3.